The van der Waals surface area contributed by atoms with Crippen LogP contribution >= 0.6 is 0 Å². The van der Waals surface area contributed by atoms with Crippen LogP contribution in [0.2, 0.25) is 0 Å². The number of fused-ring (bicyclic) bond motifs is 5. The van der Waals surface area contributed by atoms with Gasteiger partial charge in [0.2, 0.25) is 0 Å². The van der Waals surface area contributed by atoms with Gasteiger partial charge in [-0.25, -0.2) is 0 Å². The topological polar surface area (TPSA) is 139 Å². The standard InChI is InChI=1S/C33H60N2O5/c1-21(9-12-30(39)40-15-7-5-4-6-8-22(19-34)20-35)25-10-11-26-31-27(18-29(38)33(25,26)3)32(2)14-13-24(36)16-23(32)17-28(31)37/h21-29,31,36-38H,4-20,34-35H2,1-3H3/t21-,23+,24-,25-,26+,27+,28-,29+,31+,32+,33-/m1/s1. The molecule has 0 unspecified atom stereocenters. The van der Waals surface area contributed by atoms with E-state index in [0.717, 1.165) is 83.5 Å². The number of carbonyl (C=O) groups excluding carboxylic acids is 1. The van der Waals surface area contributed by atoms with Crippen molar-refractivity contribution in [2.75, 3.05) is 19.7 Å². The maximum absolute atomic E-state index is 12.5. The smallest absolute Gasteiger partial charge is 0.305 e. The summed E-state index contributed by atoms with van der Waals surface area (Å²) in [5.41, 5.74) is 11.3. The first-order chi connectivity index (χ1) is 19.1. The highest BCUT2D eigenvalue weighted by Crippen LogP contribution is 2.68. The summed E-state index contributed by atoms with van der Waals surface area (Å²) in [5.74, 6) is 2.17. The zero-order valence-electron chi connectivity index (χ0n) is 25.6. The predicted octanol–water partition coefficient (Wildman–Crippen LogP) is 4.39. The summed E-state index contributed by atoms with van der Waals surface area (Å²) in [4.78, 5) is 12.5. The SMILES string of the molecule is C[C@H](CCC(=O)OCCCCCCC(CN)CN)[C@H]1CC[C@H]2[C@@H]3[C@H](O)C[C@@H]4C[C@H](O)CC[C@]4(C)[C@H]3C[C@H](O)[C@]12C. The van der Waals surface area contributed by atoms with E-state index in [4.69, 9.17) is 16.2 Å². The maximum Gasteiger partial charge on any atom is 0.305 e. The molecule has 0 aromatic rings. The molecule has 11 atom stereocenters. The molecule has 4 saturated carbocycles. The van der Waals surface area contributed by atoms with Crippen LogP contribution in [0.4, 0.5) is 0 Å². The molecular weight excluding hydrogens is 504 g/mol. The third-order valence-electron chi connectivity index (χ3n) is 12.8. The number of ether oxygens (including phenoxy) is 1. The van der Waals surface area contributed by atoms with E-state index in [-0.39, 0.29) is 41.0 Å². The van der Waals surface area contributed by atoms with E-state index >= 15 is 0 Å². The van der Waals surface area contributed by atoms with Crippen molar-refractivity contribution < 1.29 is 24.9 Å². The zero-order valence-corrected chi connectivity index (χ0v) is 25.6. The van der Waals surface area contributed by atoms with Crippen LogP contribution in [0.5, 0.6) is 0 Å². The van der Waals surface area contributed by atoms with Crippen molar-refractivity contribution in [2.45, 2.75) is 129 Å². The van der Waals surface area contributed by atoms with Crippen molar-refractivity contribution >= 4 is 5.97 Å². The molecule has 0 spiro atoms. The monoisotopic (exact) mass is 564 g/mol. The highest BCUT2D eigenvalue weighted by Gasteiger charge is 2.65. The van der Waals surface area contributed by atoms with E-state index in [0.29, 0.717) is 61.6 Å². The van der Waals surface area contributed by atoms with Crippen LogP contribution in [-0.2, 0) is 9.53 Å². The molecule has 7 N–H and O–H groups in total. The Morgan fingerprint density at radius 3 is 2.38 bits per heavy atom. The summed E-state index contributed by atoms with van der Waals surface area (Å²) in [6, 6.07) is 0. The molecule has 4 rings (SSSR count). The number of carbonyl (C=O) groups is 1. The second-order valence-electron chi connectivity index (χ2n) is 14.8. The van der Waals surface area contributed by atoms with Gasteiger partial charge in [0.25, 0.3) is 0 Å². The minimum absolute atomic E-state index is 0.0935. The Labute approximate surface area is 243 Å². The molecule has 4 aliphatic rings. The Bertz CT molecular complexity index is 823. The van der Waals surface area contributed by atoms with E-state index < -0.39 is 0 Å². The molecule has 0 aromatic heterocycles. The number of aliphatic hydroxyl groups excluding tert-OH is 3. The van der Waals surface area contributed by atoms with Gasteiger partial charge in [0, 0.05) is 6.42 Å². The van der Waals surface area contributed by atoms with Crippen LogP contribution < -0.4 is 11.5 Å². The van der Waals surface area contributed by atoms with Crippen LogP contribution in [0.25, 0.3) is 0 Å². The molecule has 0 radical (unpaired) electrons. The van der Waals surface area contributed by atoms with E-state index in [2.05, 4.69) is 20.8 Å². The number of hydrogen-bond acceptors (Lipinski definition) is 7. The molecule has 4 fully saturated rings. The van der Waals surface area contributed by atoms with Crippen molar-refractivity contribution in [1.29, 1.82) is 0 Å². The van der Waals surface area contributed by atoms with Crippen LogP contribution in [0.15, 0.2) is 0 Å². The Morgan fingerprint density at radius 2 is 1.65 bits per heavy atom. The summed E-state index contributed by atoms with van der Waals surface area (Å²) < 4.78 is 5.55. The Morgan fingerprint density at radius 1 is 0.925 bits per heavy atom. The maximum atomic E-state index is 12.5. The number of hydrogen-bond donors (Lipinski definition) is 5. The highest BCUT2D eigenvalue weighted by molar-refractivity contribution is 5.69. The third-order valence-corrected chi connectivity index (χ3v) is 12.8. The first-order valence-corrected chi connectivity index (χ1v) is 16.7. The summed E-state index contributed by atoms with van der Waals surface area (Å²) in [6.07, 6.45) is 11.8. The van der Waals surface area contributed by atoms with Crippen LogP contribution in [0.3, 0.4) is 0 Å². The van der Waals surface area contributed by atoms with Crippen molar-refractivity contribution in [2.24, 2.45) is 63.7 Å². The second kappa shape index (κ2) is 13.7. The van der Waals surface area contributed by atoms with Crippen molar-refractivity contribution in [3.8, 4) is 0 Å². The lowest BCUT2D eigenvalue weighted by Crippen LogP contribution is -2.62. The average molecular weight is 565 g/mol. The minimum Gasteiger partial charge on any atom is -0.466 e. The molecule has 0 heterocycles. The van der Waals surface area contributed by atoms with Gasteiger partial charge in [0.05, 0.1) is 24.9 Å². The molecule has 7 heteroatoms. The van der Waals surface area contributed by atoms with Gasteiger partial charge in [-0.15, -0.1) is 0 Å². The van der Waals surface area contributed by atoms with Crippen LogP contribution in [0.1, 0.15) is 111 Å². The lowest BCUT2D eigenvalue weighted by atomic mass is 9.43. The summed E-state index contributed by atoms with van der Waals surface area (Å²) in [6.45, 7) is 8.70. The van der Waals surface area contributed by atoms with Gasteiger partial charge in [-0.3, -0.25) is 4.79 Å². The number of aliphatic hydroxyl groups is 3. The Hall–Kier alpha value is -0.730. The second-order valence-corrected chi connectivity index (χ2v) is 14.8. The quantitative estimate of drug-likeness (QED) is 0.165. The Kier molecular flexibility index (Phi) is 11.0. The summed E-state index contributed by atoms with van der Waals surface area (Å²) in [5, 5.41) is 33.5. The average Bonchev–Trinajstić information content (AvgIpc) is 3.29. The molecule has 232 valence electrons. The molecule has 7 nitrogen and oxygen atoms in total. The van der Waals surface area contributed by atoms with E-state index in [1.165, 1.54) is 0 Å². The molecular formula is C33H60N2O5. The largest absolute Gasteiger partial charge is 0.466 e. The lowest BCUT2D eigenvalue weighted by molar-refractivity contribution is -0.207. The van der Waals surface area contributed by atoms with Gasteiger partial charge in [-0.1, -0.05) is 40.0 Å². The van der Waals surface area contributed by atoms with Crippen LogP contribution in [0, 0.1) is 52.3 Å². The molecule has 0 saturated heterocycles. The van der Waals surface area contributed by atoms with Crippen molar-refractivity contribution in [3.63, 3.8) is 0 Å². The van der Waals surface area contributed by atoms with Gasteiger partial charge >= 0.3 is 5.97 Å². The van der Waals surface area contributed by atoms with Crippen molar-refractivity contribution in [3.05, 3.63) is 0 Å². The molecule has 0 amide bonds. The fraction of sp³-hybridized carbons (Fsp3) is 0.970. The van der Waals surface area contributed by atoms with Gasteiger partial charge in [-0.05, 0) is 130 Å². The lowest BCUT2D eigenvalue weighted by Gasteiger charge is -2.63. The van der Waals surface area contributed by atoms with Gasteiger partial charge in [-0.2, -0.15) is 0 Å². The number of unbranched alkanes of at least 4 members (excludes halogenated alkanes) is 3. The molecule has 4 aliphatic carbocycles. The first-order valence-electron chi connectivity index (χ1n) is 16.7. The summed E-state index contributed by atoms with van der Waals surface area (Å²) in [7, 11) is 0. The Balaban J connectivity index is 1.25. The van der Waals surface area contributed by atoms with Crippen molar-refractivity contribution in [1.82, 2.24) is 0 Å². The molecule has 0 aliphatic heterocycles. The summed E-state index contributed by atoms with van der Waals surface area (Å²) >= 11 is 0. The van der Waals surface area contributed by atoms with E-state index in [1.807, 2.05) is 0 Å². The molecule has 0 bridgehead atoms. The molecule has 0 aromatic carbocycles. The minimum atomic E-state index is -0.389. The number of rotatable bonds is 13. The third kappa shape index (κ3) is 6.44. The van der Waals surface area contributed by atoms with Gasteiger partial charge < -0.3 is 31.5 Å². The highest BCUT2D eigenvalue weighted by atomic mass is 16.5. The molecule has 40 heavy (non-hydrogen) atoms. The zero-order chi connectivity index (χ0) is 29.1. The predicted molar refractivity (Wildman–Crippen MR) is 158 cm³/mol. The van der Waals surface area contributed by atoms with Gasteiger partial charge in [0.1, 0.15) is 0 Å². The fourth-order valence-electron chi connectivity index (χ4n) is 10.2. The number of esters is 1. The normalized spacial score (nSPS) is 41.7. The fourth-order valence-corrected chi connectivity index (χ4v) is 10.2. The van der Waals surface area contributed by atoms with Gasteiger partial charge in [0.15, 0.2) is 0 Å². The van der Waals surface area contributed by atoms with Crippen LogP contribution in [-0.4, -0.2) is 59.3 Å². The first kappa shape index (κ1) is 32.2. The van der Waals surface area contributed by atoms with E-state index in [1.54, 1.807) is 0 Å². The number of nitrogens with two attached hydrogens (primary N) is 2. The van der Waals surface area contributed by atoms with E-state index in [9.17, 15) is 20.1 Å².